The van der Waals surface area contributed by atoms with E-state index in [9.17, 15) is 0 Å². The van der Waals surface area contributed by atoms with Crippen LogP contribution in [0.1, 0.15) is 19.5 Å². The molecular weight excluding hydrogens is 308 g/mol. The Morgan fingerprint density at radius 3 is 2.57 bits per heavy atom. The van der Waals surface area contributed by atoms with Crippen molar-refractivity contribution in [2.24, 2.45) is 0 Å². The van der Waals surface area contributed by atoms with Crippen molar-refractivity contribution in [3.8, 4) is 16.2 Å². The molecule has 0 spiro atoms. The minimum atomic E-state index is 0.177. The lowest BCUT2D eigenvalue weighted by atomic mass is 10.1. The number of benzene rings is 1. The first-order chi connectivity index (χ1) is 11.0. The van der Waals surface area contributed by atoms with Gasteiger partial charge in [-0.1, -0.05) is 11.3 Å². The van der Waals surface area contributed by atoms with Crippen LogP contribution in [0.15, 0.2) is 24.3 Å². The molecule has 0 saturated heterocycles. The number of hydrogen-bond acceptors (Lipinski definition) is 6. The van der Waals surface area contributed by atoms with Gasteiger partial charge in [-0.15, -0.1) is 0 Å². The van der Waals surface area contributed by atoms with Crippen molar-refractivity contribution in [3.63, 3.8) is 0 Å². The van der Waals surface area contributed by atoms with Crippen LogP contribution >= 0.6 is 11.3 Å². The first kappa shape index (κ1) is 17.7. The van der Waals surface area contributed by atoms with E-state index in [2.05, 4.69) is 41.4 Å². The number of aromatic nitrogens is 1. The number of anilines is 1. The second kappa shape index (κ2) is 8.29. The summed E-state index contributed by atoms with van der Waals surface area (Å²) < 4.78 is 5.69. The summed E-state index contributed by atoms with van der Waals surface area (Å²) in [6, 6.07) is 8.12. The summed E-state index contributed by atoms with van der Waals surface area (Å²) in [4.78, 5) is 7.73. The predicted molar refractivity (Wildman–Crippen MR) is 98.0 cm³/mol. The van der Waals surface area contributed by atoms with E-state index in [1.807, 2.05) is 26.0 Å². The fourth-order valence-electron chi connectivity index (χ4n) is 2.18. The van der Waals surface area contributed by atoms with E-state index < -0.39 is 0 Å². The van der Waals surface area contributed by atoms with Crippen molar-refractivity contribution in [1.29, 1.82) is 0 Å². The topological polar surface area (TPSA) is 63.4 Å². The summed E-state index contributed by atoms with van der Waals surface area (Å²) in [6.07, 6.45) is 0.177. The number of nitrogen functional groups attached to an aromatic ring is 1. The van der Waals surface area contributed by atoms with Crippen molar-refractivity contribution in [1.82, 2.24) is 15.2 Å². The summed E-state index contributed by atoms with van der Waals surface area (Å²) in [6.45, 7) is 6.69. The van der Waals surface area contributed by atoms with Crippen LogP contribution in [0.2, 0.25) is 0 Å². The molecule has 0 saturated carbocycles. The highest BCUT2D eigenvalue weighted by molar-refractivity contribution is 7.18. The number of nitrogens with two attached hydrogens (primary N) is 1. The van der Waals surface area contributed by atoms with Crippen LogP contribution in [0.5, 0.6) is 5.75 Å². The Labute approximate surface area is 142 Å². The van der Waals surface area contributed by atoms with Gasteiger partial charge in [0.2, 0.25) is 0 Å². The number of rotatable bonds is 8. The molecule has 0 aliphatic carbocycles. The van der Waals surface area contributed by atoms with E-state index in [1.165, 1.54) is 11.3 Å². The third-order valence-corrected chi connectivity index (χ3v) is 4.21. The SMILES string of the molecule is CC(C)Oc1ccc(-c2sc(N)nc2CNCCN(C)C)cc1. The van der Waals surface area contributed by atoms with Gasteiger partial charge in [0.15, 0.2) is 5.13 Å². The summed E-state index contributed by atoms with van der Waals surface area (Å²) in [7, 11) is 4.13. The highest BCUT2D eigenvalue weighted by Crippen LogP contribution is 2.32. The van der Waals surface area contributed by atoms with Gasteiger partial charge < -0.3 is 20.7 Å². The molecule has 0 bridgehead atoms. The molecule has 2 aromatic rings. The molecule has 1 aromatic heterocycles. The van der Waals surface area contributed by atoms with Crippen LogP contribution in [0.25, 0.3) is 10.4 Å². The minimum Gasteiger partial charge on any atom is -0.491 e. The molecule has 126 valence electrons. The van der Waals surface area contributed by atoms with E-state index >= 15 is 0 Å². The van der Waals surface area contributed by atoms with E-state index in [0.29, 0.717) is 5.13 Å². The largest absolute Gasteiger partial charge is 0.491 e. The normalized spacial score (nSPS) is 11.4. The first-order valence-corrected chi connectivity index (χ1v) is 8.65. The van der Waals surface area contributed by atoms with Gasteiger partial charge in [0.05, 0.1) is 16.7 Å². The Morgan fingerprint density at radius 1 is 1.26 bits per heavy atom. The van der Waals surface area contributed by atoms with E-state index in [4.69, 9.17) is 10.5 Å². The van der Waals surface area contributed by atoms with Crippen molar-refractivity contribution in [2.45, 2.75) is 26.5 Å². The smallest absolute Gasteiger partial charge is 0.180 e. The van der Waals surface area contributed by atoms with Crippen LogP contribution < -0.4 is 15.8 Å². The van der Waals surface area contributed by atoms with Crippen molar-refractivity contribution >= 4 is 16.5 Å². The van der Waals surface area contributed by atoms with Crippen LogP contribution in [-0.4, -0.2) is 43.2 Å². The molecule has 0 fully saturated rings. The average molecular weight is 334 g/mol. The summed E-state index contributed by atoms with van der Waals surface area (Å²) in [5.74, 6) is 0.881. The Bertz CT molecular complexity index is 608. The Hall–Kier alpha value is -1.63. The maximum atomic E-state index is 5.91. The number of nitrogens with zero attached hydrogens (tertiary/aromatic N) is 2. The quantitative estimate of drug-likeness (QED) is 0.727. The van der Waals surface area contributed by atoms with Gasteiger partial charge in [0.1, 0.15) is 5.75 Å². The summed E-state index contributed by atoms with van der Waals surface area (Å²) in [5, 5.41) is 4.02. The van der Waals surface area contributed by atoms with Crippen molar-refractivity contribution in [2.75, 3.05) is 32.9 Å². The van der Waals surface area contributed by atoms with Gasteiger partial charge in [-0.25, -0.2) is 4.98 Å². The van der Waals surface area contributed by atoms with E-state index in [1.54, 1.807) is 0 Å². The minimum absolute atomic E-state index is 0.177. The lowest BCUT2D eigenvalue weighted by molar-refractivity contribution is 0.242. The van der Waals surface area contributed by atoms with Crippen LogP contribution in [-0.2, 0) is 6.54 Å². The molecule has 1 aromatic carbocycles. The zero-order chi connectivity index (χ0) is 16.8. The second-order valence-corrected chi connectivity index (χ2v) is 7.03. The Balaban J connectivity index is 2.07. The highest BCUT2D eigenvalue weighted by atomic mass is 32.1. The number of ether oxygens (including phenoxy) is 1. The van der Waals surface area contributed by atoms with Gasteiger partial charge in [0.25, 0.3) is 0 Å². The molecule has 0 atom stereocenters. The summed E-state index contributed by atoms with van der Waals surface area (Å²) >= 11 is 1.53. The van der Waals surface area contributed by atoms with Crippen molar-refractivity contribution in [3.05, 3.63) is 30.0 Å². The van der Waals surface area contributed by atoms with Crippen LogP contribution in [0, 0.1) is 0 Å². The molecule has 1 heterocycles. The number of likely N-dealkylation sites (N-methyl/N-ethyl adjacent to an activating group) is 1. The molecule has 2 rings (SSSR count). The maximum Gasteiger partial charge on any atom is 0.180 e. The number of thiazole rings is 1. The molecule has 0 amide bonds. The monoisotopic (exact) mass is 334 g/mol. The van der Waals surface area contributed by atoms with Gasteiger partial charge in [-0.2, -0.15) is 0 Å². The fraction of sp³-hybridized carbons (Fsp3) is 0.471. The molecule has 23 heavy (non-hydrogen) atoms. The Kier molecular flexibility index (Phi) is 6.38. The third kappa shape index (κ3) is 5.49. The standard InChI is InChI=1S/C17H26N4OS/c1-12(2)22-14-7-5-13(6-8-14)16-15(20-17(18)23-16)11-19-9-10-21(3)4/h5-8,12,19H,9-11H2,1-4H3,(H2,18,20). The first-order valence-electron chi connectivity index (χ1n) is 7.83. The fourth-order valence-corrected chi connectivity index (χ4v) is 3.04. The number of hydrogen-bond donors (Lipinski definition) is 2. The molecule has 6 heteroatoms. The Morgan fingerprint density at radius 2 is 1.96 bits per heavy atom. The van der Waals surface area contributed by atoms with Gasteiger partial charge in [-0.3, -0.25) is 0 Å². The van der Waals surface area contributed by atoms with Gasteiger partial charge in [-0.05, 0) is 57.8 Å². The van der Waals surface area contributed by atoms with Crippen LogP contribution in [0.3, 0.4) is 0 Å². The predicted octanol–water partition coefficient (Wildman–Crippen LogP) is 2.83. The van der Waals surface area contributed by atoms with E-state index in [0.717, 1.165) is 41.5 Å². The molecule has 0 aliphatic rings. The third-order valence-electron chi connectivity index (χ3n) is 3.23. The zero-order valence-corrected chi connectivity index (χ0v) is 15.1. The van der Waals surface area contributed by atoms with Gasteiger partial charge >= 0.3 is 0 Å². The highest BCUT2D eigenvalue weighted by Gasteiger charge is 2.12. The molecular formula is C17H26N4OS. The molecule has 5 nitrogen and oxygen atoms in total. The zero-order valence-electron chi connectivity index (χ0n) is 14.3. The maximum absolute atomic E-state index is 5.91. The molecule has 0 radical (unpaired) electrons. The second-order valence-electron chi connectivity index (χ2n) is 6.00. The lowest BCUT2D eigenvalue weighted by Gasteiger charge is -2.11. The average Bonchev–Trinajstić information content (AvgIpc) is 2.84. The summed E-state index contributed by atoms with van der Waals surface area (Å²) in [5.41, 5.74) is 8.04. The van der Waals surface area contributed by atoms with Gasteiger partial charge in [0, 0.05) is 19.6 Å². The van der Waals surface area contributed by atoms with Crippen molar-refractivity contribution < 1.29 is 4.74 Å². The lowest BCUT2D eigenvalue weighted by Crippen LogP contribution is -2.26. The molecule has 3 N–H and O–H groups in total. The molecule has 0 aliphatic heterocycles. The van der Waals surface area contributed by atoms with Crippen LogP contribution in [0.4, 0.5) is 5.13 Å². The number of nitrogens with one attached hydrogen (secondary N) is 1. The van der Waals surface area contributed by atoms with E-state index in [-0.39, 0.29) is 6.10 Å². The molecule has 0 unspecified atom stereocenters.